The summed E-state index contributed by atoms with van der Waals surface area (Å²) in [5, 5.41) is 3.03. The van der Waals surface area contributed by atoms with Crippen molar-refractivity contribution in [1.29, 1.82) is 0 Å². The van der Waals surface area contributed by atoms with Crippen LogP contribution in [0.5, 0.6) is 5.75 Å². The smallest absolute Gasteiger partial charge is 0.250 e. The molecule has 1 amide bonds. The molecule has 0 aromatic heterocycles. The van der Waals surface area contributed by atoms with Gasteiger partial charge in [0.15, 0.2) is 0 Å². The molecule has 1 saturated heterocycles. The number of para-hydroxylation sites is 1. The number of anilines is 2. The van der Waals surface area contributed by atoms with Crippen molar-refractivity contribution in [1.82, 2.24) is 10.2 Å². The van der Waals surface area contributed by atoms with E-state index in [4.69, 9.17) is 10.5 Å². The van der Waals surface area contributed by atoms with Crippen LogP contribution in [0.4, 0.5) is 11.4 Å². The Kier molecular flexibility index (Phi) is 6.54. The first-order valence-electron chi connectivity index (χ1n) is 10.7. The summed E-state index contributed by atoms with van der Waals surface area (Å²) in [7, 11) is 0. The summed E-state index contributed by atoms with van der Waals surface area (Å²) in [6.45, 7) is 6.27. The summed E-state index contributed by atoms with van der Waals surface area (Å²) in [6, 6.07) is 15.9. The molecule has 0 bridgehead atoms. The summed E-state index contributed by atoms with van der Waals surface area (Å²) >= 11 is 0. The van der Waals surface area contributed by atoms with E-state index in [0.717, 1.165) is 62.6 Å². The average molecular weight is 407 g/mol. The number of nitrogens with one attached hydrogen (secondary N) is 1. The summed E-state index contributed by atoms with van der Waals surface area (Å²) in [5.74, 6) is 0.810. The largest absolute Gasteiger partial charge is 0.488 e. The summed E-state index contributed by atoms with van der Waals surface area (Å²) in [5.41, 5.74) is 9.58. The third-order valence-electron chi connectivity index (χ3n) is 5.72. The number of ether oxygens (including phenoxy) is 1. The van der Waals surface area contributed by atoms with Gasteiger partial charge in [-0.2, -0.15) is 0 Å². The number of piperazine rings is 1. The second-order valence-electron chi connectivity index (χ2n) is 7.88. The lowest BCUT2D eigenvalue weighted by Gasteiger charge is -2.36. The molecule has 3 N–H and O–H groups in total. The predicted octanol–water partition coefficient (Wildman–Crippen LogP) is 2.76. The number of carbonyl (C=O) groups is 1. The number of rotatable bonds is 7. The second-order valence-corrected chi connectivity index (χ2v) is 7.88. The lowest BCUT2D eigenvalue weighted by molar-refractivity contribution is -0.117. The lowest BCUT2D eigenvalue weighted by atomic mass is 10.1. The number of fused-ring (bicyclic) bond motifs is 1. The molecule has 0 saturated carbocycles. The first-order chi connectivity index (χ1) is 14.7. The second kappa shape index (κ2) is 9.67. The van der Waals surface area contributed by atoms with Gasteiger partial charge in [0.1, 0.15) is 12.4 Å². The first-order valence-corrected chi connectivity index (χ1v) is 10.7. The highest BCUT2D eigenvalue weighted by atomic mass is 16.5. The maximum Gasteiger partial charge on any atom is 0.250 e. The van der Waals surface area contributed by atoms with Crippen molar-refractivity contribution in [2.75, 3.05) is 56.5 Å². The Morgan fingerprint density at radius 1 is 1.03 bits per heavy atom. The van der Waals surface area contributed by atoms with Crippen molar-refractivity contribution >= 4 is 23.4 Å². The van der Waals surface area contributed by atoms with E-state index in [1.54, 1.807) is 0 Å². The van der Waals surface area contributed by atoms with Crippen LogP contribution >= 0.6 is 0 Å². The van der Waals surface area contributed by atoms with Crippen LogP contribution in [0.1, 0.15) is 18.4 Å². The molecule has 6 heteroatoms. The van der Waals surface area contributed by atoms with Crippen LogP contribution < -0.4 is 20.7 Å². The Hall–Kier alpha value is -2.99. The van der Waals surface area contributed by atoms with Gasteiger partial charge in [0.25, 0.3) is 5.91 Å². The predicted molar refractivity (Wildman–Crippen MR) is 122 cm³/mol. The van der Waals surface area contributed by atoms with Crippen LogP contribution in [0.25, 0.3) is 6.08 Å². The van der Waals surface area contributed by atoms with Crippen LogP contribution in [0.15, 0.2) is 54.1 Å². The Morgan fingerprint density at radius 3 is 2.70 bits per heavy atom. The summed E-state index contributed by atoms with van der Waals surface area (Å²) < 4.78 is 5.66. The van der Waals surface area contributed by atoms with Gasteiger partial charge in [-0.25, -0.2) is 0 Å². The molecular weight excluding hydrogens is 376 g/mol. The molecule has 2 aliphatic heterocycles. The fourth-order valence-electron chi connectivity index (χ4n) is 3.97. The van der Waals surface area contributed by atoms with E-state index >= 15 is 0 Å². The van der Waals surface area contributed by atoms with Gasteiger partial charge in [0, 0.05) is 49.7 Å². The minimum Gasteiger partial charge on any atom is -0.488 e. The quantitative estimate of drug-likeness (QED) is 0.547. The van der Waals surface area contributed by atoms with Crippen molar-refractivity contribution in [2.45, 2.75) is 12.8 Å². The highest BCUT2D eigenvalue weighted by molar-refractivity contribution is 5.99. The van der Waals surface area contributed by atoms with Crippen molar-refractivity contribution < 1.29 is 9.53 Å². The zero-order valence-electron chi connectivity index (χ0n) is 17.3. The third-order valence-corrected chi connectivity index (χ3v) is 5.72. The molecular formula is C24H30N4O2. The average Bonchev–Trinajstić information content (AvgIpc) is 2.79. The van der Waals surface area contributed by atoms with Gasteiger partial charge in [0.2, 0.25) is 0 Å². The Morgan fingerprint density at radius 2 is 1.87 bits per heavy atom. The number of carbonyl (C=O) groups excluding carboxylic acids is 1. The van der Waals surface area contributed by atoms with Gasteiger partial charge < -0.3 is 20.7 Å². The number of benzene rings is 2. The maximum absolute atomic E-state index is 12.4. The fourth-order valence-corrected chi connectivity index (χ4v) is 3.97. The number of hydrogen-bond acceptors (Lipinski definition) is 5. The third kappa shape index (κ3) is 5.13. The molecule has 2 aromatic rings. The number of amides is 1. The molecule has 0 spiro atoms. The summed E-state index contributed by atoms with van der Waals surface area (Å²) in [6.07, 6.45) is 3.98. The molecule has 0 radical (unpaired) electrons. The standard InChI is InChI=1S/C24H30N4O2/c25-21-7-5-8-22(17-21)28-14-12-27(13-15-28)11-4-3-10-26-24(29)20-16-19-6-1-2-9-23(19)30-18-20/h1-2,5-9,16-17H,3-4,10-15,18,25H2,(H,26,29). The number of hydrogen-bond donors (Lipinski definition) is 2. The molecule has 158 valence electrons. The summed E-state index contributed by atoms with van der Waals surface area (Å²) in [4.78, 5) is 17.3. The topological polar surface area (TPSA) is 70.8 Å². The minimum atomic E-state index is -0.0275. The van der Waals surface area contributed by atoms with E-state index in [1.165, 1.54) is 5.69 Å². The van der Waals surface area contributed by atoms with Gasteiger partial charge in [0.05, 0.1) is 5.57 Å². The molecule has 0 aliphatic carbocycles. The van der Waals surface area contributed by atoms with Crippen LogP contribution in [-0.2, 0) is 4.79 Å². The first kappa shape index (κ1) is 20.3. The van der Waals surface area contributed by atoms with Crippen LogP contribution in [0.2, 0.25) is 0 Å². The molecule has 30 heavy (non-hydrogen) atoms. The van der Waals surface area contributed by atoms with Gasteiger partial charge in [-0.3, -0.25) is 9.69 Å². The van der Waals surface area contributed by atoms with E-state index in [-0.39, 0.29) is 5.91 Å². The minimum absolute atomic E-state index is 0.0275. The van der Waals surface area contributed by atoms with E-state index in [2.05, 4.69) is 21.2 Å². The van der Waals surface area contributed by atoms with E-state index < -0.39 is 0 Å². The monoisotopic (exact) mass is 406 g/mol. The maximum atomic E-state index is 12.4. The molecule has 6 nitrogen and oxygen atoms in total. The van der Waals surface area contributed by atoms with Gasteiger partial charge in [-0.05, 0) is 49.7 Å². The van der Waals surface area contributed by atoms with E-state index in [0.29, 0.717) is 18.7 Å². The number of unbranched alkanes of at least 4 members (excludes halogenated alkanes) is 1. The Labute approximate surface area is 178 Å². The SMILES string of the molecule is Nc1cccc(N2CCN(CCCCNC(=O)C3=Cc4ccccc4OC3)CC2)c1. The number of nitrogens with zero attached hydrogens (tertiary/aromatic N) is 2. The molecule has 4 rings (SSSR count). The molecule has 0 unspecified atom stereocenters. The van der Waals surface area contributed by atoms with E-state index in [1.807, 2.05) is 48.5 Å². The van der Waals surface area contributed by atoms with Gasteiger partial charge in [-0.15, -0.1) is 0 Å². The van der Waals surface area contributed by atoms with Crippen molar-refractivity contribution in [3.8, 4) is 5.75 Å². The molecule has 2 heterocycles. The van der Waals surface area contributed by atoms with Gasteiger partial charge in [-0.1, -0.05) is 24.3 Å². The normalized spacial score (nSPS) is 16.4. The molecule has 2 aliphatic rings. The van der Waals surface area contributed by atoms with Crippen molar-refractivity contribution in [3.63, 3.8) is 0 Å². The highest BCUT2D eigenvalue weighted by Gasteiger charge is 2.18. The number of nitrogen functional groups attached to an aromatic ring is 1. The zero-order valence-corrected chi connectivity index (χ0v) is 17.3. The van der Waals surface area contributed by atoms with Crippen molar-refractivity contribution in [3.05, 3.63) is 59.7 Å². The Balaban J connectivity index is 1.13. The lowest BCUT2D eigenvalue weighted by Crippen LogP contribution is -2.46. The van der Waals surface area contributed by atoms with Crippen molar-refractivity contribution in [2.24, 2.45) is 0 Å². The highest BCUT2D eigenvalue weighted by Crippen LogP contribution is 2.25. The zero-order chi connectivity index (χ0) is 20.8. The fraction of sp³-hybridized carbons (Fsp3) is 0.375. The Bertz CT molecular complexity index is 904. The molecule has 0 atom stereocenters. The van der Waals surface area contributed by atoms with Gasteiger partial charge >= 0.3 is 0 Å². The molecule has 2 aromatic carbocycles. The van der Waals surface area contributed by atoms with Crippen LogP contribution in [0, 0.1) is 0 Å². The van der Waals surface area contributed by atoms with E-state index in [9.17, 15) is 4.79 Å². The number of nitrogens with two attached hydrogens (primary N) is 1. The van der Waals surface area contributed by atoms with Crippen LogP contribution in [-0.4, -0.2) is 56.7 Å². The van der Waals surface area contributed by atoms with Crippen LogP contribution in [0.3, 0.4) is 0 Å². The molecule has 1 fully saturated rings.